The van der Waals surface area contributed by atoms with Crippen LogP contribution in [0.1, 0.15) is 24.3 Å². The normalized spacial score (nSPS) is 13.4. The van der Waals surface area contributed by atoms with Crippen molar-refractivity contribution in [2.75, 3.05) is 0 Å². The molecular weight excluding hydrogens is 242 g/mol. The van der Waals surface area contributed by atoms with Crippen molar-refractivity contribution >= 4 is 26.9 Å². The van der Waals surface area contributed by atoms with E-state index < -0.39 is 0 Å². The molecule has 0 saturated heterocycles. The van der Waals surface area contributed by atoms with E-state index in [2.05, 4.69) is 15.9 Å². The van der Waals surface area contributed by atoms with E-state index in [1.54, 1.807) is 0 Å². The van der Waals surface area contributed by atoms with E-state index in [0.717, 1.165) is 26.8 Å². The number of hydrogen-bond donors (Lipinski definition) is 1. The van der Waals surface area contributed by atoms with Gasteiger partial charge in [-0.15, -0.1) is 0 Å². The van der Waals surface area contributed by atoms with Gasteiger partial charge in [0, 0.05) is 9.86 Å². The number of fused-ring (bicyclic) bond motifs is 1. The van der Waals surface area contributed by atoms with Crippen molar-refractivity contribution in [1.82, 2.24) is 0 Å². The third kappa shape index (κ3) is 1.57. The van der Waals surface area contributed by atoms with Crippen LogP contribution in [0.3, 0.4) is 0 Å². The first-order valence-corrected chi connectivity index (χ1v) is 5.32. The van der Waals surface area contributed by atoms with Crippen molar-refractivity contribution in [3.05, 3.63) is 34.0 Å². The Kier molecular flexibility index (Phi) is 2.37. The molecule has 14 heavy (non-hydrogen) atoms. The lowest BCUT2D eigenvalue weighted by atomic mass is 10.1. The Labute approximate surface area is 91.2 Å². The van der Waals surface area contributed by atoms with E-state index in [4.69, 9.17) is 10.2 Å². The Hall–Kier alpha value is -0.800. The van der Waals surface area contributed by atoms with E-state index >= 15 is 0 Å². The third-order valence-electron chi connectivity index (χ3n) is 2.23. The second kappa shape index (κ2) is 3.41. The fraction of sp³-hybridized carbons (Fsp3) is 0.273. The van der Waals surface area contributed by atoms with Crippen molar-refractivity contribution < 1.29 is 4.42 Å². The molecule has 2 nitrogen and oxygen atoms in total. The summed E-state index contributed by atoms with van der Waals surface area (Å²) < 4.78 is 6.74. The number of benzene rings is 1. The summed E-state index contributed by atoms with van der Waals surface area (Å²) in [4.78, 5) is 0. The second-order valence-electron chi connectivity index (χ2n) is 3.58. The zero-order chi connectivity index (χ0) is 10.3. The van der Waals surface area contributed by atoms with E-state index in [1.165, 1.54) is 0 Å². The summed E-state index contributed by atoms with van der Waals surface area (Å²) in [6, 6.07) is 6.02. The summed E-state index contributed by atoms with van der Waals surface area (Å²) >= 11 is 3.46. The Morgan fingerprint density at radius 3 is 2.71 bits per heavy atom. The maximum Gasteiger partial charge on any atom is 0.137 e. The molecule has 0 aliphatic carbocycles. The van der Waals surface area contributed by atoms with Crippen molar-refractivity contribution in [2.24, 2.45) is 5.73 Å². The molecule has 0 saturated carbocycles. The number of halogens is 1. The summed E-state index contributed by atoms with van der Waals surface area (Å²) in [6.07, 6.45) is 0. The molecular formula is C11H12BrNO. The molecule has 2 aromatic rings. The lowest BCUT2D eigenvalue weighted by molar-refractivity contribution is 0.511. The van der Waals surface area contributed by atoms with Gasteiger partial charge in [-0.1, -0.05) is 15.9 Å². The average molecular weight is 254 g/mol. The topological polar surface area (TPSA) is 39.2 Å². The van der Waals surface area contributed by atoms with E-state index in [1.807, 2.05) is 32.0 Å². The molecule has 0 fully saturated rings. The molecule has 0 bridgehead atoms. The quantitative estimate of drug-likeness (QED) is 0.845. The molecule has 0 aliphatic rings. The molecule has 0 spiro atoms. The highest BCUT2D eigenvalue weighted by Gasteiger charge is 2.09. The number of aryl methyl sites for hydroxylation is 1. The van der Waals surface area contributed by atoms with E-state index in [9.17, 15) is 0 Å². The van der Waals surface area contributed by atoms with Crippen LogP contribution in [-0.2, 0) is 0 Å². The Balaban J connectivity index is 2.70. The smallest absolute Gasteiger partial charge is 0.137 e. The van der Waals surface area contributed by atoms with Crippen molar-refractivity contribution in [3.63, 3.8) is 0 Å². The van der Waals surface area contributed by atoms with Crippen LogP contribution >= 0.6 is 15.9 Å². The highest BCUT2D eigenvalue weighted by Crippen LogP contribution is 2.28. The van der Waals surface area contributed by atoms with Crippen LogP contribution in [0.4, 0.5) is 0 Å². The van der Waals surface area contributed by atoms with Gasteiger partial charge in [-0.3, -0.25) is 0 Å². The summed E-state index contributed by atoms with van der Waals surface area (Å²) in [6.45, 7) is 3.95. The molecule has 0 aliphatic heterocycles. The number of hydrogen-bond acceptors (Lipinski definition) is 2. The lowest BCUT2D eigenvalue weighted by Gasteiger charge is -1.98. The van der Waals surface area contributed by atoms with Gasteiger partial charge in [-0.25, -0.2) is 0 Å². The van der Waals surface area contributed by atoms with Crippen LogP contribution in [0.2, 0.25) is 0 Å². The van der Waals surface area contributed by atoms with Crippen LogP contribution in [0.5, 0.6) is 0 Å². The predicted molar refractivity (Wildman–Crippen MR) is 61.3 cm³/mol. The molecule has 1 aromatic carbocycles. The zero-order valence-corrected chi connectivity index (χ0v) is 9.76. The molecule has 1 aromatic heterocycles. The van der Waals surface area contributed by atoms with Crippen molar-refractivity contribution in [3.8, 4) is 0 Å². The SMILES string of the molecule is Cc1cc(Br)cc2cc(C(C)N)oc12. The van der Waals surface area contributed by atoms with Gasteiger partial charge >= 0.3 is 0 Å². The van der Waals surface area contributed by atoms with E-state index in [-0.39, 0.29) is 6.04 Å². The minimum Gasteiger partial charge on any atom is -0.459 e. The second-order valence-corrected chi connectivity index (χ2v) is 4.49. The summed E-state index contributed by atoms with van der Waals surface area (Å²) in [7, 11) is 0. The van der Waals surface area contributed by atoms with Gasteiger partial charge in [0.1, 0.15) is 11.3 Å². The first-order chi connectivity index (χ1) is 6.58. The monoisotopic (exact) mass is 253 g/mol. The largest absolute Gasteiger partial charge is 0.459 e. The number of furan rings is 1. The van der Waals surface area contributed by atoms with Gasteiger partial charge in [-0.05, 0) is 37.6 Å². The molecule has 1 heterocycles. The molecule has 3 heteroatoms. The maximum absolute atomic E-state index is 5.76. The fourth-order valence-corrected chi connectivity index (χ4v) is 2.12. The third-order valence-corrected chi connectivity index (χ3v) is 2.69. The first kappa shape index (κ1) is 9.74. The van der Waals surface area contributed by atoms with Crippen LogP contribution in [0.15, 0.2) is 27.1 Å². The molecule has 2 rings (SSSR count). The van der Waals surface area contributed by atoms with Gasteiger partial charge in [0.15, 0.2) is 0 Å². The van der Waals surface area contributed by atoms with Crippen LogP contribution in [-0.4, -0.2) is 0 Å². The average Bonchev–Trinajstić information content (AvgIpc) is 2.47. The standard InChI is InChI=1S/C11H12BrNO/c1-6-3-9(12)4-8-5-10(7(2)13)14-11(6)8/h3-5,7H,13H2,1-2H3. The highest BCUT2D eigenvalue weighted by molar-refractivity contribution is 9.10. The summed E-state index contributed by atoms with van der Waals surface area (Å²) in [5.41, 5.74) is 7.82. The Morgan fingerprint density at radius 2 is 2.07 bits per heavy atom. The van der Waals surface area contributed by atoms with Gasteiger partial charge < -0.3 is 10.2 Å². The fourth-order valence-electron chi connectivity index (χ4n) is 1.53. The highest BCUT2D eigenvalue weighted by atomic mass is 79.9. The predicted octanol–water partition coefficient (Wildman–Crippen LogP) is 3.52. The lowest BCUT2D eigenvalue weighted by Crippen LogP contribution is -2.02. The molecule has 0 amide bonds. The zero-order valence-electron chi connectivity index (χ0n) is 8.17. The van der Waals surface area contributed by atoms with Crippen LogP contribution in [0.25, 0.3) is 11.0 Å². The summed E-state index contributed by atoms with van der Waals surface area (Å²) in [5, 5.41) is 1.10. The number of rotatable bonds is 1. The maximum atomic E-state index is 5.76. The minimum atomic E-state index is -0.0550. The molecule has 1 unspecified atom stereocenters. The number of nitrogens with two attached hydrogens (primary N) is 1. The first-order valence-electron chi connectivity index (χ1n) is 4.53. The van der Waals surface area contributed by atoms with Crippen molar-refractivity contribution in [1.29, 1.82) is 0 Å². The molecule has 0 radical (unpaired) electrons. The molecule has 2 N–H and O–H groups in total. The van der Waals surface area contributed by atoms with Gasteiger partial charge in [0.05, 0.1) is 6.04 Å². The minimum absolute atomic E-state index is 0.0550. The molecule has 74 valence electrons. The van der Waals surface area contributed by atoms with Crippen LogP contribution in [0, 0.1) is 6.92 Å². The van der Waals surface area contributed by atoms with Crippen molar-refractivity contribution in [2.45, 2.75) is 19.9 Å². The summed E-state index contributed by atoms with van der Waals surface area (Å²) in [5.74, 6) is 0.834. The van der Waals surface area contributed by atoms with Gasteiger partial charge in [-0.2, -0.15) is 0 Å². The Bertz CT molecular complexity index is 473. The van der Waals surface area contributed by atoms with Gasteiger partial charge in [0.2, 0.25) is 0 Å². The molecule has 1 atom stereocenters. The van der Waals surface area contributed by atoms with Crippen LogP contribution < -0.4 is 5.73 Å². The Morgan fingerprint density at radius 1 is 1.36 bits per heavy atom. The van der Waals surface area contributed by atoms with Gasteiger partial charge in [0.25, 0.3) is 0 Å². The van der Waals surface area contributed by atoms with E-state index in [0.29, 0.717) is 0 Å².